The highest BCUT2D eigenvalue weighted by Gasteiger charge is 2.55. The fraction of sp³-hybridized carbons (Fsp3) is 0.422. The smallest absolute Gasteiger partial charge is 0.339 e. The maximum atomic E-state index is 14.0. The number of amides is 2. The number of benzene rings is 3. The number of rotatable bonds is 14. The summed E-state index contributed by atoms with van der Waals surface area (Å²) < 4.78 is 24.7. The highest BCUT2D eigenvalue weighted by molar-refractivity contribution is 5.98. The van der Waals surface area contributed by atoms with E-state index in [9.17, 15) is 34.5 Å². The van der Waals surface area contributed by atoms with E-state index in [2.05, 4.69) is 10.6 Å². The maximum Gasteiger partial charge on any atom is 0.339 e. The highest BCUT2D eigenvalue weighted by Crippen LogP contribution is 2.45. The molecule has 3 aromatic carbocycles. The molecule has 1 spiro atoms. The van der Waals surface area contributed by atoms with Crippen LogP contribution in [0.1, 0.15) is 79.6 Å². The van der Waals surface area contributed by atoms with Gasteiger partial charge in [0.15, 0.2) is 5.79 Å². The zero-order chi connectivity index (χ0) is 41.6. The number of phenols is 1. The van der Waals surface area contributed by atoms with Crippen molar-refractivity contribution in [2.75, 3.05) is 6.61 Å². The molecular weight excluding hydrogens is 744 g/mol. The van der Waals surface area contributed by atoms with Crippen LogP contribution < -0.4 is 10.6 Å². The second-order valence-electron chi connectivity index (χ2n) is 16.1. The summed E-state index contributed by atoms with van der Waals surface area (Å²) in [6.07, 6.45) is 2.63. The number of fused-ring (bicyclic) bond motifs is 2. The molecule has 3 aliphatic rings. The Labute approximate surface area is 338 Å². The number of aliphatic hydroxyl groups is 2. The van der Waals surface area contributed by atoms with Crippen molar-refractivity contribution in [2.24, 2.45) is 0 Å². The van der Waals surface area contributed by atoms with E-state index >= 15 is 0 Å². The van der Waals surface area contributed by atoms with Gasteiger partial charge in [-0.25, -0.2) is 4.79 Å². The van der Waals surface area contributed by atoms with Crippen LogP contribution in [-0.4, -0.2) is 93.6 Å². The van der Waals surface area contributed by atoms with Crippen molar-refractivity contribution in [1.29, 1.82) is 0 Å². The van der Waals surface area contributed by atoms with E-state index in [1.165, 1.54) is 6.92 Å². The predicted octanol–water partition coefficient (Wildman–Crippen LogP) is 4.25. The first-order chi connectivity index (χ1) is 27.6. The number of ether oxygens (including phenoxy) is 4. The molecule has 0 aromatic heterocycles. The van der Waals surface area contributed by atoms with E-state index in [-0.39, 0.29) is 36.1 Å². The Bertz CT molecular complexity index is 2030. The zero-order valence-corrected chi connectivity index (χ0v) is 33.2. The van der Waals surface area contributed by atoms with Gasteiger partial charge in [0.2, 0.25) is 11.8 Å². The predicted molar refractivity (Wildman–Crippen MR) is 213 cm³/mol. The summed E-state index contributed by atoms with van der Waals surface area (Å²) in [4.78, 5) is 53.6. The third kappa shape index (κ3) is 10.4. The van der Waals surface area contributed by atoms with E-state index in [1.54, 1.807) is 69.3 Å². The van der Waals surface area contributed by atoms with Gasteiger partial charge in [0.1, 0.15) is 35.7 Å². The first-order valence-electron chi connectivity index (χ1n) is 19.6. The largest absolute Gasteiger partial charge is 0.508 e. The van der Waals surface area contributed by atoms with Crippen molar-refractivity contribution in [3.8, 4) is 5.75 Å². The van der Waals surface area contributed by atoms with Crippen molar-refractivity contribution in [2.45, 2.75) is 114 Å². The lowest BCUT2D eigenvalue weighted by Crippen LogP contribution is -2.55. The van der Waals surface area contributed by atoms with Crippen LogP contribution >= 0.6 is 0 Å². The number of carbonyl (C=O) groups is 4. The molecule has 5 N–H and O–H groups in total. The van der Waals surface area contributed by atoms with E-state index < -0.39 is 78.2 Å². The minimum atomic E-state index is -1.43. The van der Waals surface area contributed by atoms with Crippen molar-refractivity contribution in [3.05, 3.63) is 118 Å². The summed E-state index contributed by atoms with van der Waals surface area (Å²) in [5, 5.41) is 36.0. The minimum Gasteiger partial charge on any atom is -0.508 e. The average Bonchev–Trinajstić information content (AvgIpc) is 3.73. The second kappa shape index (κ2) is 18.1. The van der Waals surface area contributed by atoms with Crippen molar-refractivity contribution < 1.29 is 53.4 Å². The molecule has 1 fully saturated rings. The Morgan fingerprint density at radius 1 is 0.948 bits per heavy atom. The fourth-order valence-electron chi connectivity index (χ4n) is 7.51. The van der Waals surface area contributed by atoms with Crippen LogP contribution in [0.15, 0.2) is 90.5 Å². The zero-order valence-electron chi connectivity index (χ0n) is 33.2. The number of carbonyl (C=O) groups excluding carboxylic acids is 4. The van der Waals surface area contributed by atoms with Gasteiger partial charge in [-0.1, -0.05) is 72.8 Å². The fourth-order valence-corrected chi connectivity index (χ4v) is 7.51. The molecule has 2 amide bonds. The molecular formula is C45H52N2O11. The monoisotopic (exact) mass is 796 g/mol. The van der Waals surface area contributed by atoms with Crippen LogP contribution in [-0.2, 0) is 52.6 Å². The van der Waals surface area contributed by atoms with Crippen LogP contribution in [0.4, 0.5) is 0 Å². The standard InChI is InChI=1S/C45H52N2O11/c1-27(49)39(42(53)46-33(26-48)20-21-38(51)57-44(2,3)4)47-41(52)32-22-36(40-37(23-32)56-45(58-40)24-30-14-5-6-15-31(30)25-45)55-43(54)34-18-9-7-12-28(34)16-11-17-29-13-8-10-19-35(29)50/h5-16,18-19,23,27,33,36-37,39-40,48-50H,17,20-22,24-26H2,1-4H3,(H,46,53)(H,47,52). The Morgan fingerprint density at radius 2 is 1.62 bits per heavy atom. The molecule has 1 aliphatic heterocycles. The van der Waals surface area contributed by atoms with Gasteiger partial charge in [-0.3, -0.25) is 14.4 Å². The Morgan fingerprint density at radius 3 is 2.29 bits per heavy atom. The number of hydrogen-bond acceptors (Lipinski definition) is 11. The third-order valence-corrected chi connectivity index (χ3v) is 10.3. The van der Waals surface area contributed by atoms with Crippen molar-refractivity contribution in [3.63, 3.8) is 0 Å². The summed E-state index contributed by atoms with van der Waals surface area (Å²) >= 11 is 0. The number of aliphatic hydroxyl groups excluding tert-OH is 2. The van der Waals surface area contributed by atoms with Gasteiger partial charge in [-0.15, -0.1) is 0 Å². The van der Waals surface area contributed by atoms with E-state index in [4.69, 9.17) is 18.9 Å². The number of para-hydroxylation sites is 1. The number of esters is 2. The summed E-state index contributed by atoms with van der Waals surface area (Å²) in [6, 6.07) is 19.6. The maximum absolute atomic E-state index is 14.0. The molecule has 3 aromatic rings. The molecule has 13 nitrogen and oxygen atoms in total. The molecule has 2 aliphatic carbocycles. The molecule has 58 heavy (non-hydrogen) atoms. The molecule has 13 heteroatoms. The number of nitrogens with one attached hydrogen (secondary N) is 2. The molecule has 6 unspecified atom stereocenters. The van der Waals surface area contributed by atoms with E-state index in [1.807, 2.05) is 42.5 Å². The van der Waals surface area contributed by atoms with E-state index in [0.29, 0.717) is 24.8 Å². The lowest BCUT2D eigenvalue weighted by molar-refractivity contribution is -0.172. The first kappa shape index (κ1) is 42.3. The topological polar surface area (TPSA) is 190 Å². The number of allylic oxidation sites excluding steroid dienone is 1. The molecule has 6 rings (SSSR count). The lowest BCUT2D eigenvalue weighted by Gasteiger charge is -2.31. The van der Waals surface area contributed by atoms with Gasteiger partial charge < -0.3 is 44.9 Å². The quantitative estimate of drug-likeness (QED) is 0.147. The summed E-state index contributed by atoms with van der Waals surface area (Å²) in [6.45, 7) is 6.06. The molecule has 6 atom stereocenters. The first-order valence-corrected chi connectivity index (χ1v) is 19.6. The van der Waals surface area contributed by atoms with Crippen molar-refractivity contribution in [1.82, 2.24) is 10.6 Å². The summed E-state index contributed by atoms with van der Waals surface area (Å²) in [5.41, 5.74) is 3.20. The second-order valence-corrected chi connectivity index (χ2v) is 16.1. The van der Waals surface area contributed by atoms with Crippen LogP contribution in [0.25, 0.3) is 6.08 Å². The average molecular weight is 797 g/mol. The number of phenolic OH excluding ortho intramolecular Hbond substituents is 1. The molecule has 0 bridgehead atoms. The van der Waals surface area contributed by atoms with E-state index in [0.717, 1.165) is 16.7 Å². The summed E-state index contributed by atoms with van der Waals surface area (Å²) in [7, 11) is 0. The normalized spacial score (nSPS) is 21.0. The Kier molecular flexibility index (Phi) is 13.2. The van der Waals surface area contributed by atoms with Gasteiger partial charge in [-0.05, 0) is 81.0 Å². The lowest BCUT2D eigenvalue weighted by atomic mass is 9.91. The van der Waals surface area contributed by atoms with Crippen LogP contribution in [0, 0.1) is 0 Å². The summed E-state index contributed by atoms with van der Waals surface area (Å²) in [5.74, 6) is -3.47. The Balaban J connectivity index is 1.19. The SMILES string of the molecule is CC(O)C(NC(=O)C1=CC2OC3(Cc4ccccc4C3)OC2C(OC(=O)c2ccccc2C=CCc2ccccc2O)C1)C(=O)NC(CO)CCC(=O)OC(C)(C)C. The molecule has 0 saturated carbocycles. The van der Waals surface area contributed by atoms with Crippen LogP contribution in [0.3, 0.4) is 0 Å². The highest BCUT2D eigenvalue weighted by atomic mass is 16.8. The number of hydrogen-bond donors (Lipinski definition) is 5. The van der Waals surface area contributed by atoms with Gasteiger partial charge in [0.25, 0.3) is 0 Å². The third-order valence-electron chi connectivity index (χ3n) is 10.3. The minimum absolute atomic E-state index is 0.0669. The van der Waals surface area contributed by atoms with Crippen molar-refractivity contribution >= 4 is 29.8 Å². The Hall–Kier alpha value is -5.34. The van der Waals surface area contributed by atoms with Crippen LogP contribution in [0.2, 0.25) is 0 Å². The van der Waals surface area contributed by atoms with Gasteiger partial charge in [0, 0.05) is 31.3 Å². The van der Waals surface area contributed by atoms with Gasteiger partial charge >= 0.3 is 11.9 Å². The van der Waals surface area contributed by atoms with Gasteiger partial charge in [0.05, 0.1) is 24.3 Å². The molecule has 0 radical (unpaired) electrons. The molecule has 1 heterocycles. The number of aromatic hydroxyl groups is 1. The molecule has 308 valence electrons. The van der Waals surface area contributed by atoms with Gasteiger partial charge in [-0.2, -0.15) is 0 Å². The molecule has 1 saturated heterocycles. The van der Waals surface area contributed by atoms with Crippen LogP contribution in [0.5, 0.6) is 5.75 Å².